The number of phenols is 1. The molecule has 0 heterocycles. The lowest BCUT2D eigenvalue weighted by Gasteiger charge is -2.01. The van der Waals surface area contributed by atoms with E-state index in [9.17, 15) is 8.42 Å². The Morgan fingerprint density at radius 2 is 2.00 bits per heavy atom. The van der Waals surface area contributed by atoms with Crippen LogP contribution < -0.4 is 5.14 Å². The van der Waals surface area contributed by atoms with Gasteiger partial charge in [0.2, 0.25) is 10.0 Å². The molecule has 0 saturated carbocycles. The van der Waals surface area contributed by atoms with Crippen LogP contribution in [0.1, 0.15) is 0 Å². The highest BCUT2D eigenvalue weighted by molar-refractivity contribution is 14.1. The van der Waals surface area contributed by atoms with Gasteiger partial charge in [0.15, 0.2) is 0 Å². The topological polar surface area (TPSA) is 80.4 Å². The summed E-state index contributed by atoms with van der Waals surface area (Å²) in [7, 11) is -3.81. The maximum absolute atomic E-state index is 10.8. The second-order valence-electron chi connectivity index (χ2n) is 2.16. The van der Waals surface area contributed by atoms with Crippen LogP contribution in [0.15, 0.2) is 23.1 Å². The summed E-state index contributed by atoms with van der Waals surface area (Å²) in [5.74, 6) is -0.321. The van der Waals surface area contributed by atoms with Gasteiger partial charge in [0.1, 0.15) is 10.6 Å². The Bertz CT molecular complexity index is 401. The lowest BCUT2D eigenvalue weighted by molar-refractivity contribution is 0.458. The first-order valence-corrected chi connectivity index (χ1v) is 5.55. The van der Waals surface area contributed by atoms with Gasteiger partial charge in [-0.1, -0.05) is 0 Å². The zero-order chi connectivity index (χ0) is 9.35. The van der Waals surface area contributed by atoms with Gasteiger partial charge in [-0.2, -0.15) is 0 Å². The van der Waals surface area contributed by atoms with Crippen LogP contribution in [0, 0.1) is 3.57 Å². The highest BCUT2D eigenvalue weighted by atomic mass is 127. The molecule has 66 valence electrons. The number of phenolic OH excluding ortho intramolecular Hbond substituents is 1. The second-order valence-corrected chi connectivity index (χ2v) is 4.93. The van der Waals surface area contributed by atoms with Gasteiger partial charge >= 0.3 is 0 Å². The van der Waals surface area contributed by atoms with Crippen molar-refractivity contribution in [2.75, 3.05) is 0 Å². The van der Waals surface area contributed by atoms with Crippen molar-refractivity contribution in [3.8, 4) is 5.75 Å². The Kier molecular flexibility index (Phi) is 2.59. The van der Waals surface area contributed by atoms with Crippen LogP contribution in [0.2, 0.25) is 0 Å². The van der Waals surface area contributed by atoms with Crippen molar-refractivity contribution in [1.82, 2.24) is 0 Å². The maximum atomic E-state index is 10.8. The van der Waals surface area contributed by atoms with E-state index in [4.69, 9.17) is 10.2 Å². The van der Waals surface area contributed by atoms with Crippen molar-refractivity contribution in [2.24, 2.45) is 5.14 Å². The summed E-state index contributed by atoms with van der Waals surface area (Å²) in [5.41, 5.74) is 0. The minimum Gasteiger partial charge on any atom is -0.507 e. The maximum Gasteiger partial charge on any atom is 0.241 e. The fourth-order valence-electron chi connectivity index (χ4n) is 0.716. The van der Waals surface area contributed by atoms with E-state index >= 15 is 0 Å². The average molecular weight is 299 g/mol. The van der Waals surface area contributed by atoms with Gasteiger partial charge in [0.25, 0.3) is 0 Å². The summed E-state index contributed by atoms with van der Waals surface area (Å²) < 4.78 is 22.3. The first-order chi connectivity index (χ1) is 5.41. The molecule has 0 fully saturated rings. The van der Waals surface area contributed by atoms with Crippen LogP contribution in [-0.4, -0.2) is 13.5 Å². The third-order valence-electron chi connectivity index (χ3n) is 1.23. The van der Waals surface area contributed by atoms with Gasteiger partial charge in [-0.3, -0.25) is 0 Å². The molecule has 0 spiro atoms. The Morgan fingerprint density at radius 3 is 2.42 bits per heavy atom. The number of sulfonamides is 1. The van der Waals surface area contributed by atoms with Gasteiger partial charge in [-0.05, 0) is 40.8 Å². The van der Waals surface area contributed by atoms with Gasteiger partial charge in [0, 0.05) is 3.57 Å². The zero-order valence-corrected chi connectivity index (χ0v) is 8.83. The SMILES string of the molecule is NS(=O)(=O)c1cc(I)ccc1O. The number of aromatic hydroxyl groups is 1. The molecule has 0 aliphatic rings. The van der Waals surface area contributed by atoms with Gasteiger partial charge < -0.3 is 5.11 Å². The van der Waals surface area contributed by atoms with Gasteiger partial charge in [0.05, 0.1) is 0 Å². The summed E-state index contributed by atoms with van der Waals surface area (Å²) in [6.45, 7) is 0. The molecule has 1 rings (SSSR count). The van der Waals surface area contributed by atoms with Crippen LogP contribution >= 0.6 is 22.6 Å². The van der Waals surface area contributed by atoms with Crippen LogP contribution in [0.25, 0.3) is 0 Å². The van der Waals surface area contributed by atoms with Crippen molar-refractivity contribution in [3.63, 3.8) is 0 Å². The van der Waals surface area contributed by atoms with E-state index in [-0.39, 0.29) is 10.6 Å². The Hall–Kier alpha value is -0.340. The summed E-state index contributed by atoms with van der Waals surface area (Å²) in [4.78, 5) is -0.241. The van der Waals surface area contributed by atoms with E-state index in [1.165, 1.54) is 12.1 Å². The Balaban J connectivity index is 3.43. The van der Waals surface area contributed by atoms with Crippen molar-refractivity contribution in [3.05, 3.63) is 21.8 Å². The summed E-state index contributed by atoms with van der Waals surface area (Å²) >= 11 is 1.93. The zero-order valence-electron chi connectivity index (χ0n) is 5.86. The number of rotatable bonds is 1. The predicted molar refractivity (Wildman–Crippen MR) is 52.2 cm³/mol. The van der Waals surface area contributed by atoms with E-state index < -0.39 is 10.0 Å². The molecule has 0 aromatic heterocycles. The molecule has 0 aliphatic carbocycles. The first-order valence-electron chi connectivity index (χ1n) is 2.92. The molecule has 0 radical (unpaired) electrons. The summed E-state index contributed by atoms with van der Waals surface area (Å²) in [6, 6.07) is 4.19. The smallest absolute Gasteiger partial charge is 0.241 e. The van der Waals surface area contributed by atoms with E-state index in [2.05, 4.69) is 0 Å². The van der Waals surface area contributed by atoms with Crippen LogP contribution in [0.4, 0.5) is 0 Å². The molecular weight excluding hydrogens is 293 g/mol. The fraction of sp³-hybridized carbons (Fsp3) is 0. The highest BCUT2D eigenvalue weighted by Gasteiger charge is 2.13. The third-order valence-corrected chi connectivity index (χ3v) is 2.84. The minimum atomic E-state index is -3.81. The number of hydrogen-bond donors (Lipinski definition) is 2. The van der Waals surface area contributed by atoms with Crippen molar-refractivity contribution in [2.45, 2.75) is 4.90 Å². The molecule has 1 aromatic carbocycles. The molecule has 12 heavy (non-hydrogen) atoms. The van der Waals surface area contributed by atoms with Crippen LogP contribution in [0.3, 0.4) is 0 Å². The molecule has 0 saturated heterocycles. The molecule has 1 aromatic rings. The number of benzene rings is 1. The average Bonchev–Trinajstić information content (AvgIpc) is 1.92. The van der Waals surface area contributed by atoms with E-state index in [0.29, 0.717) is 3.57 Å². The molecule has 0 unspecified atom stereocenters. The van der Waals surface area contributed by atoms with Crippen molar-refractivity contribution >= 4 is 32.6 Å². The van der Waals surface area contributed by atoms with E-state index in [1.807, 2.05) is 22.6 Å². The molecule has 0 aliphatic heterocycles. The Labute approximate surface area is 83.6 Å². The van der Waals surface area contributed by atoms with E-state index in [1.54, 1.807) is 6.07 Å². The predicted octanol–water partition coefficient (Wildman–Crippen LogP) is 0.644. The standard InChI is InChI=1S/C6H6INO3S/c7-4-1-2-5(9)6(3-4)12(8,10)11/h1-3,9H,(H2,8,10,11). The number of primary sulfonamides is 1. The van der Waals surface area contributed by atoms with Crippen LogP contribution in [-0.2, 0) is 10.0 Å². The third kappa shape index (κ3) is 2.08. The fourth-order valence-corrected chi connectivity index (χ4v) is 2.07. The lowest BCUT2D eigenvalue weighted by Crippen LogP contribution is -2.12. The largest absolute Gasteiger partial charge is 0.507 e. The molecule has 0 bridgehead atoms. The highest BCUT2D eigenvalue weighted by Crippen LogP contribution is 2.22. The first kappa shape index (κ1) is 9.75. The quantitative estimate of drug-likeness (QED) is 0.747. The van der Waals surface area contributed by atoms with Crippen molar-refractivity contribution in [1.29, 1.82) is 0 Å². The monoisotopic (exact) mass is 299 g/mol. The lowest BCUT2D eigenvalue weighted by atomic mass is 10.3. The number of hydrogen-bond acceptors (Lipinski definition) is 3. The van der Waals surface area contributed by atoms with Gasteiger partial charge in [-0.25, -0.2) is 13.6 Å². The normalized spacial score (nSPS) is 11.5. The molecule has 3 N–H and O–H groups in total. The van der Waals surface area contributed by atoms with Crippen molar-refractivity contribution < 1.29 is 13.5 Å². The summed E-state index contributed by atoms with van der Waals surface area (Å²) in [5, 5.41) is 13.9. The number of halogens is 1. The molecule has 4 nitrogen and oxygen atoms in total. The van der Waals surface area contributed by atoms with Gasteiger partial charge in [-0.15, -0.1) is 0 Å². The minimum absolute atomic E-state index is 0.241. The Morgan fingerprint density at radius 1 is 1.42 bits per heavy atom. The summed E-state index contributed by atoms with van der Waals surface area (Å²) in [6.07, 6.45) is 0. The molecule has 6 heteroatoms. The molecular formula is C6H6INO3S. The molecule has 0 atom stereocenters. The molecule has 0 amide bonds. The van der Waals surface area contributed by atoms with E-state index in [0.717, 1.165) is 0 Å². The number of nitrogens with two attached hydrogens (primary N) is 1. The van der Waals surface area contributed by atoms with Crippen LogP contribution in [0.5, 0.6) is 5.75 Å². The second kappa shape index (κ2) is 3.19.